The first-order valence-corrected chi connectivity index (χ1v) is 8.36. The normalized spacial score (nSPS) is 18.1. The maximum absolute atomic E-state index is 12.5. The van der Waals surface area contributed by atoms with Crippen LogP contribution in [0.15, 0.2) is 42.7 Å². The lowest BCUT2D eigenvalue weighted by atomic mass is 10.0. The van der Waals surface area contributed by atoms with Crippen LogP contribution in [0, 0.1) is 0 Å². The summed E-state index contributed by atoms with van der Waals surface area (Å²) in [6, 6.07) is 10.2. The number of aromatic nitrogens is 2. The smallest absolute Gasteiger partial charge is 0.223 e. The summed E-state index contributed by atoms with van der Waals surface area (Å²) in [5.41, 5.74) is 7.92. The molecule has 2 N–H and O–H groups in total. The van der Waals surface area contributed by atoms with E-state index in [1.165, 1.54) is 6.42 Å². The Bertz CT molecular complexity index is 637. The molecule has 1 aliphatic heterocycles. The van der Waals surface area contributed by atoms with Gasteiger partial charge in [-0.05, 0) is 43.4 Å². The van der Waals surface area contributed by atoms with Gasteiger partial charge in [0.1, 0.15) is 0 Å². The Morgan fingerprint density at radius 1 is 1.26 bits per heavy atom. The molecule has 0 bridgehead atoms. The third-order valence-corrected chi connectivity index (χ3v) is 4.50. The van der Waals surface area contributed by atoms with Crippen LogP contribution < -0.4 is 5.73 Å². The van der Waals surface area contributed by atoms with Crippen LogP contribution in [0.3, 0.4) is 0 Å². The molecule has 0 radical (unpaired) electrons. The van der Waals surface area contributed by atoms with Gasteiger partial charge in [-0.15, -0.1) is 0 Å². The topological polar surface area (TPSA) is 64.2 Å². The number of hydrogen-bond acceptors (Lipinski definition) is 3. The van der Waals surface area contributed by atoms with Crippen molar-refractivity contribution in [2.75, 3.05) is 13.1 Å². The number of amides is 1. The average molecular weight is 312 g/mol. The van der Waals surface area contributed by atoms with E-state index >= 15 is 0 Å². The lowest BCUT2D eigenvalue weighted by Crippen LogP contribution is -2.47. The molecule has 1 unspecified atom stereocenters. The molecule has 0 spiro atoms. The van der Waals surface area contributed by atoms with E-state index in [2.05, 4.69) is 5.10 Å². The molecule has 3 rings (SSSR count). The summed E-state index contributed by atoms with van der Waals surface area (Å²) in [4.78, 5) is 14.4. The van der Waals surface area contributed by atoms with Gasteiger partial charge in [0.05, 0.1) is 11.9 Å². The van der Waals surface area contributed by atoms with Crippen molar-refractivity contribution in [1.82, 2.24) is 14.7 Å². The van der Waals surface area contributed by atoms with E-state index in [9.17, 15) is 4.79 Å². The standard InChI is InChI=1S/C18H24N4O/c19-12-17-8-4-5-11-21(17)18(23)10-9-15-13-20-22(14-15)16-6-2-1-3-7-16/h1-3,6-7,13-14,17H,4-5,8-12,19H2. The highest BCUT2D eigenvalue weighted by molar-refractivity contribution is 5.77. The summed E-state index contributed by atoms with van der Waals surface area (Å²) in [6.45, 7) is 1.42. The molecule has 1 aromatic heterocycles. The molecular formula is C18H24N4O. The van der Waals surface area contributed by atoms with Crippen molar-refractivity contribution in [2.45, 2.75) is 38.1 Å². The third kappa shape index (κ3) is 3.79. The fraction of sp³-hybridized carbons (Fsp3) is 0.444. The molecule has 5 nitrogen and oxygen atoms in total. The molecule has 0 saturated carbocycles. The molecule has 2 aromatic rings. The minimum atomic E-state index is 0.215. The van der Waals surface area contributed by atoms with E-state index in [4.69, 9.17) is 5.73 Å². The zero-order valence-corrected chi connectivity index (χ0v) is 13.4. The van der Waals surface area contributed by atoms with Crippen molar-refractivity contribution in [3.05, 3.63) is 48.3 Å². The monoisotopic (exact) mass is 312 g/mol. The summed E-state index contributed by atoms with van der Waals surface area (Å²) in [7, 11) is 0. The van der Waals surface area contributed by atoms with Gasteiger partial charge in [-0.2, -0.15) is 5.10 Å². The van der Waals surface area contributed by atoms with Crippen molar-refractivity contribution < 1.29 is 4.79 Å². The zero-order valence-electron chi connectivity index (χ0n) is 13.4. The molecule has 1 aromatic carbocycles. The van der Waals surface area contributed by atoms with Crippen LogP contribution in [0.5, 0.6) is 0 Å². The first-order valence-electron chi connectivity index (χ1n) is 8.36. The Kier molecular flexibility index (Phi) is 5.08. The minimum absolute atomic E-state index is 0.215. The molecule has 0 aliphatic carbocycles. The van der Waals surface area contributed by atoms with E-state index in [0.29, 0.717) is 13.0 Å². The number of carbonyl (C=O) groups excluding carboxylic acids is 1. The number of nitrogens with zero attached hydrogens (tertiary/aromatic N) is 3. The van der Waals surface area contributed by atoms with Crippen LogP contribution >= 0.6 is 0 Å². The van der Waals surface area contributed by atoms with Crippen LogP contribution in [0.1, 0.15) is 31.2 Å². The predicted octanol–water partition coefficient (Wildman–Crippen LogP) is 2.14. The number of carbonyl (C=O) groups is 1. The second kappa shape index (κ2) is 7.42. The SMILES string of the molecule is NCC1CCCCN1C(=O)CCc1cnn(-c2ccccc2)c1. The van der Waals surface area contributed by atoms with Gasteiger partial charge in [-0.1, -0.05) is 18.2 Å². The van der Waals surface area contributed by atoms with Crippen LogP contribution in [-0.2, 0) is 11.2 Å². The lowest BCUT2D eigenvalue weighted by Gasteiger charge is -2.35. The van der Waals surface area contributed by atoms with Crippen molar-refractivity contribution in [2.24, 2.45) is 5.73 Å². The van der Waals surface area contributed by atoms with E-state index in [-0.39, 0.29) is 11.9 Å². The summed E-state index contributed by atoms with van der Waals surface area (Å²) in [5, 5.41) is 4.38. The quantitative estimate of drug-likeness (QED) is 0.920. The maximum atomic E-state index is 12.5. The van der Waals surface area contributed by atoms with Gasteiger partial charge < -0.3 is 10.6 Å². The summed E-state index contributed by atoms with van der Waals surface area (Å²) >= 11 is 0. The highest BCUT2D eigenvalue weighted by Crippen LogP contribution is 2.18. The first-order chi connectivity index (χ1) is 11.3. The first kappa shape index (κ1) is 15.7. The molecular weight excluding hydrogens is 288 g/mol. The Morgan fingerprint density at radius 2 is 2.09 bits per heavy atom. The van der Waals surface area contributed by atoms with Gasteiger partial charge in [0, 0.05) is 31.7 Å². The summed E-state index contributed by atoms with van der Waals surface area (Å²) in [5.74, 6) is 0.215. The fourth-order valence-electron chi connectivity index (χ4n) is 3.18. The van der Waals surface area contributed by atoms with Gasteiger partial charge in [-0.25, -0.2) is 4.68 Å². The van der Waals surface area contributed by atoms with Gasteiger partial charge in [0.2, 0.25) is 5.91 Å². The highest BCUT2D eigenvalue weighted by atomic mass is 16.2. The van der Waals surface area contributed by atoms with E-state index in [1.807, 2.05) is 52.3 Å². The minimum Gasteiger partial charge on any atom is -0.338 e. The molecule has 1 saturated heterocycles. The number of nitrogens with two attached hydrogens (primary N) is 1. The summed E-state index contributed by atoms with van der Waals surface area (Å²) < 4.78 is 1.85. The number of para-hydroxylation sites is 1. The molecule has 2 heterocycles. The largest absolute Gasteiger partial charge is 0.338 e. The second-order valence-corrected chi connectivity index (χ2v) is 6.10. The zero-order chi connectivity index (χ0) is 16.1. The average Bonchev–Trinajstić information content (AvgIpc) is 3.09. The number of hydrogen-bond donors (Lipinski definition) is 1. The number of likely N-dealkylation sites (tertiary alicyclic amines) is 1. The van der Waals surface area contributed by atoms with Gasteiger partial charge in [0.15, 0.2) is 0 Å². The maximum Gasteiger partial charge on any atom is 0.223 e. The molecule has 122 valence electrons. The van der Waals surface area contributed by atoms with Crippen molar-refractivity contribution in [3.63, 3.8) is 0 Å². The molecule has 1 aliphatic rings. The number of aryl methyl sites for hydroxylation is 1. The molecule has 23 heavy (non-hydrogen) atoms. The number of benzene rings is 1. The number of rotatable bonds is 5. The van der Waals surface area contributed by atoms with E-state index in [1.54, 1.807) is 0 Å². The predicted molar refractivity (Wildman–Crippen MR) is 90.3 cm³/mol. The van der Waals surface area contributed by atoms with Crippen molar-refractivity contribution >= 4 is 5.91 Å². The van der Waals surface area contributed by atoms with Gasteiger partial charge >= 0.3 is 0 Å². The Hall–Kier alpha value is -2.14. The second-order valence-electron chi connectivity index (χ2n) is 6.10. The molecule has 1 amide bonds. The van der Waals surface area contributed by atoms with Crippen LogP contribution in [-0.4, -0.2) is 39.7 Å². The summed E-state index contributed by atoms with van der Waals surface area (Å²) in [6.07, 6.45) is 8.39. The molecule has 1 fully saturated rings. The van der Waals surface area contributed by atoms with Crippen LogP contribution in [0.2, 0.25) is 0 Å². The third-order valence-electron chi connectivity index (χ3n) is 4.50. The van der Waals surface area contributed by atoms with Crippen LogP contribution in [0.25, 0.3) is 5.69 Å². The Balaban J connectivity index is 1.58. The molecule has 5 heteroatoms. The van der Waals surface area contributed by atoms with Crippen molar-refractivity contribution in [1.29, 1.82) is 0 Å². The highest BCUT2D eigenvalue weighted by Gasteiger charge is 2.25. The Labute approximate surface area is 137 Å². The Morgan fingerprint density at radius 3 is 2.87 bits per heavy atom. The molecule has 1 atom stereocenters. The van der Waals surface area contributed by atoms with E-state index in [0.717, 1.165) is 37.1 Å². The van der Waals surface area contributed by atoms with E-state index < -0.39 is 0 Å². The van der Waals surface area contributed by atoms with Gasteiger partial charge in [-0.3, -0.25) is 4.79 Å². The lowest BCUT2D eigenvalue weighted by molar-refractivity contribution is -0.134. The van der Waals surface area contributed by atoms with Crippen LogP contribution in [0.4, 0.5) is 0 Å². The fourth-order valence-corrected chi connectivity index (χ4v) is 3.18. The van der Waals surface area contributed by atoms with Gasteiger partial charge in [0.25, 0.3) is 0 Å². The number of piperidine rings is 1. The van der Waals surface area contributed by atoms with Crippen molar-refractivity contribution in [3.8, 4) is 5.69 Å².